The minimum absolute atomic E-state index is 0.0845. The second kappa shape index (κ2) is 3.76. The average molecular weight is 175 g/mol. The number of hydrazine groups is 1. The molecule has 0 aliphatic rings. The van der Waals surface area contributed by atoms with Gasteiger partial charge in [0.25, 0.3) is 0 Å². The predicted molar refractivity (Wildman–Crippen MR) is 44.1 cm³/mol. The van der Waals surface area contributed by atoms with Crippen molar-refractivity contribution in [2.75, 3.05) is 0 Å². The Hall–Kier alpha value is -0.510. The van der Waals surface area contributed by atoms with Crippen molar-refractivity contribution < 1.29 is 4.42 Å². The van der Waals surface area contributed by atoms with Gasteiger partial charge in [-0.05, 0) is 24.1 Å². The number of hydrogen-bond acceptors (Lipinski definition) is 3. The highest BCUT2D eigenvalue weighted by Crippen LogP contribution is 2.25. The maximum Gasteiger partial charge on any atom is 0.197 e. The molecular formula is C7H11ClN2O. The normalized spacial score (nSPS) is 13.4. The van der Waals surface area contributed by atoms with Gasteiger partial charge in [0.15, 0.2) is 5.22 Å². The monoisotopic (exact) mass is 174 g/mol. The van der Waals surface area contributed by atoms with E-state index in [1.807, 2.05) is 13.0 Å². The molecule has 1 unspecified atom stereocenters. The first kappa shape index (κ1) is 8.59. The van der Waals surface area contributed by atoms with E-state index in [1.54, 1.807) is 6.26 Å². The zero-order chi connectivity index (χ0) is 8.27. The largest absolute Gasteiger partial charge is 0.453 e. The van der Waals surface area contributed by atoms with E-state index in [9.17, 15) is 0 Å². The number of furan rings is 1. The van der Waals surface area contributed by atoms with Gasteiger partial charge >= 0.3 is 0 Å². The van der Waals surface area contributed by atoms with E-state index >= 15 is 0 Å². The van der Waals surface area contributed by atoms with Gasteiger partial charge in [0.05, 0.1) is 12.3 Å². The fraction of sp³-hybridized carbons (Fsp3) is 0.429. The molecule has 3 nitrogen and oxygen atoms in total. The van der Waals surface area contributed by atoms with Crippen LogP contribution in [-0.4, -0.2) is 0 Å². The van der Waals surface area contributed by atoms with Crippen molar-refractivity contribution in [1.82, 2.24) is 5.43 Å². The summed E-state index contributed by atoms with van der Waals surface area (Å²) in [5, 5.41) is 0.412. The van der Waals surface area contributed by atoms with E-state index in [0.29, 0.717) is 5.22 Å². The number of hydrogen-bond donors (Lipinski definition) is 2. The molecule has 1 rings (SSSR count). The van der Waals surface area contributed by atoms with Crippen molar-refractivity contribution in [1.29, 1.82) is 0 Å². The Labute approximate surface area is 70.5 Å². The van der Waals surface area contributed by atoms with Crippen molar-refractivity contribution in [3.63, 3.8) is 0 Å². The minimum atomic E-state index is 0.0845. The third-order valence-electron chi connectivity index (χ3n) is 1.63. The Bertz CT molecular complexity index is 220. The molecule has 0 aliphatic carbocycles. The van der Waals surface area contributed by atoms with E-state index < -0.39 is 0 Å². The topological polar surface area (TPSA) is 51.2 Å². The molecule has 0 aliphatic heterocycles. The number of rotatable bonds is 3. The van der Waals surface area contributed by atoms with Crippen LogP contribution in [0.5, 0.6) is 0 Å². The first-order valence-electron chi connectivity index (χ1n) is 3.48. The number of halogens is 1. The summed E-state index contributed by atoms with van der Waals surface area (Å²) in [7, 11) is 0. The van der Waals surface area contributed by atoms with Gasteiger partial charge < -0.3 is 4.42 Å². The molecule has 1 aromatic heterocycles. The summed E-state index contributed by atoms with van der Waals surface area (Å²) >= 11 is 5.73. The van der Waals surface area contributed by atoms with Crippen LogP contribution in [0.25, 0.3) is 0 Å². The van der Waals surface area contributed by atoms with Gasteiger partial charge in [-0.1, -0.05) is 6.92 Å². The van der Waals surface area contributed by atoms with Gasteiger partial charge in [0, 0.05) is 5.56 Å². The van der Waals surface area contributed by atoms with Crippen LogP contribution in [0.15, 0.2) is 16.7 Å². The van der Waals surface area contributed by atoms with E-state index in [0.717, 1.165) is 12.0 Å². The van der Waals surface area contributed by atoms with Gasteiger partial charge in [-0.15, -0.1) is 0 Å². The second-order valence-electron chi connectivity index (χ2n) is 2.28. The molecule has 11 heavy (non-hydrogen) atoms. The lowest BCUT2D eigenvalue weighted by Crippen LogP contribution is -2.27. The molecule has 0 fully saturated rings. The lowest BCUT2D eigenvalue weighted by molar-refractivity contribution is 0.519. The van der Waals surface area contributed by atoms with Crippen molar-refractivity contribution in [3.8, 4) is 0 Å². The fourth-order valence-corrected chi connectivity index (χ4v) is 1.23. The molecule has 0 saturated carbocycles. The SMILES string of the molecule is CCC(NN)c1ccoc1Cl. The molecule has 0 radical (unpaired) electrons. The first-order chi connectivity index (χ1) is 5.29. The summed E-state index contributed by atoms with van der Waals surface area (Å²) in [5.74, 6) is 5.29. The third-order valence-corrected chi connectivity index (χ3v) is 1.94. The van der Waals surface area contributed by atoms with Gasteiger partial charge in [0.2, 0.25) is 0 Å². The third kappa shape index (κ3) is 1.74. The highest BCUT2D eigenvalue weighted by molar-refractivity contribution is 6.29. The van der Waals surface area contributed by atoms with Crippen LogP contribution in [-0.2, 0) is 0 Å². The van der Waals surface area contributed by atoms with E-state index in [1.165, 1.54) is 0 Å². The van der Waals surface area contributed by atoms with Crippen molar-refractivity contribution in [3.05, 3.63) is 23.1 Å². The molecule has 0 bridgehead atoms. The summed E-state index contributed by atoms with van der Waals surface area (Å²) in [6.45, 7) is 2.02. The second-order valence-corrected chi connectivity index (χ2v) is 2.62. The van der Waals surface area contributed by atoms with Crippen LogP contribution < -0.4 is 11.3 Å². The molecule has 0 spiro atoms. The quantitative estimate of drug-likeness (QED) is 0.543. The van der Waals surface area contributed by atoms with Crippen LogP contribution >= 0.6 is 11.6 Å². The molecule has 0 amide bonds. The molecule has 4 heteroatoms. The summed E-state index contributed by atoms with van der Waals surface area (Å²) in [6, 6.07) is 1.90. The summed E-state index contributed by atoms with van der Waals surface area (Å²) < 4.78 is 4.92. The van der Waals surface area contributed by atoms with E-state index in [-0.39, 0.29) is 6.04 Å². The Morgan fingerprint density at radius 2 is 2.55 bits per heavy atom. The Morgan fingerprint density at radius 1 is 1.82 bits per heavy atom. The van der Waals surface area contributed by atoms with Crippen LogP contribution in [0, 0.1) is 0 Å². The fourth-order valence-electron chi connectivity index (χ4n) is 0.981. The molecule has 3 N–H and O–H groups in total. The molecule has 0 saturated heterocycles. The summed E-state index contributed by atoms with van der Waals surface area (Å²) in [5.41, 5.74) is 3.56. The van der Waals surface area contributed by atoms with Crippen LogP contribution in [0.3, 0.4) is 0 Å². The zero-order valence-corrected chi connectivity index (χ0v) is 7.06. The van der Waals surface area contributed by atoms with Crippen LogP contribution in [0.4, 0.5) is 0 Å². The van der Waals surface area contributed by atoms with Crippen LogP contribution in [0.2, 0.25) is 5.22 Å². The minimum Gasteiger partial charge on any atom is -0.453 e. The Balaban J connectivity index is 2.81. The lowest BCUT2D eigenvalue weighted by atomic mass is 10.1. The zero-order valence-electron chi connectivity index (χ0n) is 6.30. The standard InChI is InChI=1S/C7H11ClN2O/c1-2-6(10-9)5-3-4-11-7(5)8/h3-4,6,10H,2,9H2,1H3. The number of nitrogens with one attached hydrogen (secondary N) is 1. The van der Waals surface area contributed by atoms with Gasteiger partial charge in [-0.25, -0.2) is 0 Å². The summed E-state index contributed by atoms with van der Waals surface area (Å²) in [6.07, 6.45) is 2.44. The van der Waals surface area contributed by atoms with Gasteiger partial charge in [-0.3, -0.25) is 11.3 Å². The smallest absolute Gasteiger partial charge is 0.197 e. The Morgan fingerprint density at radius 3 is 2.91 bits per heavy atom. The summed E-state index contributed by atoms with van der Waals surface area (Å²) in [4.78, 5) is 0. The van der Waals surface area contributed by atoms with E-state index in [2.05, 4.69) is 5.43 Å². The molecular weight excluding hydrogens is 164 g/mol. The maximum atomic E-state index is 5.73. The lowest BCUT2D eigenvalue weighted by Gasteiger charge is -2.10. The van der Waals surface area contributed by atoms with Gasteiger partial charge in [-0.2, -0.15) is 0 Å². The first-order valence-corrected chi connectivity index (χ1v) is 3.86. The molecule has 1 atom stereocenters. The molecule has 1 heterocycles. The predicted octanol–water partition coefficient (Wildman–Crippen LogP) is 1.85. The molecule has 62 valence electrons. The highest BCUT2D eigenvalue weighted by atomic mass is 35.5. The van der Waals surface area contributed by atoms with Gasteiger partial charge in [0.1, 0.15) is 0 Å². The van der Waals surface area contributed by atoms with Crippen molar-refractivity contribution >= 4 is 11.6 Å². The van der Waals surface area contributed by atoms with Crippen LogP contribution in [0.1, 0.15) is 24.9 Å². The highest BCUT2D eigenvalue weighted by Gasteiger charge is 2.12. The van der Waals surface area contributed by atoms with Crippen molar-refractivity contribution in [2.45, 2.75) is 19.4 Å². The molecule has 1 aromatic rings. The maximum absolute atomic E-state index is 5.73. The number of nitrogens with two attached hydrogens (primary N) is 1. The molecule has 0 aromatic carbocycles. The Kier molecular flexibility index (Phi) is 2.93. The van der Waals surface area contributed by atoms with E-state index in [4.69, 9.17) is 21.9 Å². The average Bonchev–Trinajstić information content (AvgIpc) is 2.40. The van der Waals surface area contributed by atoms with Crippen molar-refractivity contribution in [2.24, 2.45) is 5.84 Å².